The summed E-state index contributed by atoms with van der Waals surface area (Å²) in [6.07, 6.45) is 5.19. The Morgan fingerprint density at radius 3 is 2.40 bits per heavy atom. The molecule has 1 fully saturated rings. The molecule has 110 valence electrons. The highest BCUT2D eigenvalue weighted by molar-refractivity contribution is 7.92. The average Bonchev–Trinajstić information content (AvgIpc) is 2.87. The van der Waals surface area contributed by atoms with Crippen LogP contribution >= 0.6 is 11.6 Å². The lowest BCUT2D eigenvalue weighted by atomic mass is 10.0. The number of nitrogens with two attached hydrogens (primary N) is 1. The van der Waals surface area contributed by atoms with Gasteiger partial charge in [-0.2, -0.15) is 0 Å². The summed E-state index contributed by atoms with van der Waals surface area (Å²) in [4.78, 5) is 0. The first-order chi connectivity index (χ1) is 9.45. The van der Waals surface area contributed by atoms with Crippen molar-refractivity contribution in [3.63, 3.8) is 0 Å². The van der Waals surface area contributed by atoms with E-state index in [0.717, 1.165) is 31.2 Å². The molecule has 1 aliphatic carbocycles. The predicted molar refractivity (Wildman–Crippen MR) is 82.8 cm³/mol. The summed E-state index contributed by atoms with van der Waals surface area (Å²) in [5.41, 5.74) is 6.05. The Balaban J connectivity index is 2.09. The number of benzene rings is 1. The van der Waals surface area contributed by atoms with Crippen molar-refractivity contribution >= 4 is 27.7 Å². The van der Waals surface area contributed by atoms with Gasteiger partial charge in [-0.15, -0.1) is 0 Å². The third-order valence-electron chi connectivity index (χ3n) is 3.62. The van der Waals surface area contributed by atoms with Crippen molar-refractivity contribution in [2.75, 3.05) is 6.54 Å². The molecule has 2 rings (SSSR count). The summed E-state index contributed by atoms with van der Waals surface area (Å²) >= 11 is 5.78. The van der Waals surface area contributed by atoms with E-state index in [9.17, 15) is 8.42 Å². The van der Waals surface area contributed by atoms with Crippen LogP contribution in [-0.2, 0) is 10.0 Å². The van der Waals surface area contributed by atoms with Crippen LogP contribution in [0.1, 0.15) is 31.2 Å². The van der Waals surface area contributed by atoms with Crippen LogP contribution in [0.2, 0.25) is 5.02 Å². The first-order valence-corrected chi connectivity index (χ1v) is 8.55. The number of nitrogens with one attached hydrogen (secondary N) is 1. The maximum atomic E-state index is 12.1. The van der Waals surface area contributed by atoms with Gasteiger partial charge in [-0.05, 0) is 36.6 Å². The highest BCUT2D eigenvalue weighted by Crippen LogP contribution is 2.29. The quantitative estimate of drug-likeness (QED) is 0.877. The Kier molecular flexibility index (Phi) is 4.86. The summed E-state index contributed by atoms with van der Waals surface area (Å²) in [5, 5.41) is 1.81. The minimum Gasteiger partial charge on any atom is -0.329 e. The standard InChI is InChI=1S/C14H19ClN2O2S/c15-13-5-3-12(4-6-13)7-10-20(18,19)17-14(11-16)8-1-2-9-14/h3-7,10,17H,1-2,8-9,11,16H2. The van der Waals surface area contributed by atoms with Gasteiger partial charge in [0.05, 0.1) is 0 Å². The summed E-state index contributed by atoms with van der Waals surface area (Å²) in [6.45, 7) is 0.334. The van der Waals surface area contributed by atoms with Crippen LogP contribution in [0, 0.1) is 0 Å². The fourth-order valence-corrected chi connectivity index (χ4v) is 3.90. The lowest BCUT2D eigenvalue weighted by Crippen LogP contribution is -2.50. The third-order valence-corrected chi connectivity index (χ3v) is 5.08. The van der Waals surface area contributed by atoms with Gasteiger partial charge < -0.3 is 5.73 Å². The fraction of sp³-hybridized carbons (Fsp3) is 0.429. The lowest BCUT2D eigenvalue weighted by Gasteiger charge is -2.27. The van der Waals surface area contributed by atoms with Gasteiger partial charge in [0.1, 0.15) is 0 Å². The molecule has 0 aliphatic heterocycles. The van der Waals surface area contributed by atoms with Crippen LogP contribution < -0.4 is 10.5 Å². The number of halogens is 1. The molecule has 1 aliphatic rings. The molecule has 0 spiro atoms. The van der Waals surface area contributed by atoms with Gasteiger partial charge in [0.15, 0.2) is 0 Å². The second-order valence-corrected chi connectivity index (χ2v) is 7.20. The number of hydrogen-bond donors (Lipinski definition) is 2. The topological polar surface area (TPSA) is 72.2 Å². The zero-order chi connectivity index (χ0) is 14.6. The molecule has 0 radical (unpaired) electrons. The third kappa shape index (κ3) is 4.06. The van der Waals surface area contributed by atoms with Gasteiger partial charge in [-0.25, -0.2) is 13.1 Å². The van der Waals surface area contributed by atoms with E-state index in [4.69, 9.17) is 17.3 Å². The van der Waals surface area contributed by atoms with Crippen LogP contribution in [0.3, 0.4) is 0 Å². The average molecular weight is 315 g/mol. The van der Waals surface area contributed by atoms with Gasteiger partial charge in [0.2, 0.25) is 10.0 Å². The van der Waals surface area contributed by atoms with Crippen molar-refractivity contribution < 1.29 is 8.42 Å². The summed E-state index contributed by atoms with van der Waals surface area (Å²) in [7, 11) is -3.49. The summed E-state index contributed by atoms with van der Waals surface area (Å²) in [5.74, 6) is 0. The Morgan fingerprint density at radius 2 is 1.85 bits per heavy atom. The molecule has 20 heavy (non-hydrogen) atoms. The Bertz CT molecular complexity index is 576. The SMILES string of the molecule is NCC1(NS(=O)(=O)C=Cc2ccc(Cl)cc2)CCCC1. The fourth-order valence-electron chi connectivity index (χ4n) is 2.48. The second kappa shape index (κ2) is 6.26. The van der Waals surface area contributed by atoms with E-state index in [0.29, 0.717) is 11.6 Å². The number of hydrogen-bond acceptors (Lipinski definition) is 3. The Hall–Kier alpha value is -0.880. The van der Waals surface area contributed by atoms with Gasteiger partial charge in [-0.3, -0.25) is 0 Å². The van der Waals surface area contributed by atoms with Crippen molar-refractivity contribution in [3.8, 4) is 0 Å². The van der Waals surface area contributed by atoms with E-state index in [1.165, 1.54) is 5.41 Å². The largest absolute Gasteiger partial charge is 0.329 e. The van der Waals surface area contributed by atoms with E-state index in [-0.39, 0.29) is 0 Å². The molecular formula is C14H19ClN2O2S. The number of rotatable bonds is 5. The molecule has 6 heteroatoms. The van der Waals surface area contributed by atoms with Gasteiger partial charge in [0, 0.05) is 22.5 Å². The molecule has 0 amide bonds. The van der Waals surface area contributed by atoms with Crippen molar-refractivity contribution in [2.24, 2.45) is 5.73 Å². The van der Waals surface area contributed by atoms with E-state index in [1.54, 1.807) is 30.3 Å². The normalized spacial score (nSPS) is 18.7. The molecule has 0 aromatic heterocycles. The highest BCUT2D eigenvalue weighted by atomic mass is 35.5. The lowest BCUT2D eigenvalue weighted by molar-refractivity contribution is 0.402. The van der Waals surface area contributed by atoms with E-state index >= 15 is 0 Å². The molecule has 0 saturated heterocycles. The second-order valence-electron chi connectivity index (χ2n) is 5.19. The molecule has 0 bridgehead atoms. The molecular weight excluding hydrogens is 296 g/mol. The molecule has 4 nitrogen and oxygen atoms in total. The predicted octanol–water partition coefficient (Wildman–Crippen LogP) is 2.50. The Morgan fingerprint density at radius 1 is 1.25 bits per heavy atom. The van der Waals surface area contributed by atoms with Crippen LogP contribution in [0.15, 0.2) is 29.7 Å². The smallest absolute Gasteiger partial charge is 0.234 e. The van der Waals surface area contributed by atoms with Crippen LogP contribution in [0.4, 0.5) is 0 Å². The van der Waals surface area contributed by atoms with Crippen LogP contribution in [0.25, 0.3) is 6.08 Å². The van der Waals surface area contributed by atoms with Gasteiger partial charge in [0.25, 0.3) is 0 Å². The molecule has 0 atom stereocenters. The van der Waals surface area contributed by atoms with Crippen molar-refractivity contribution in [3.05, 3.63) is 40.3 Å². The Labute approximate surface area is 125 Å². The van der Waals surface area contributed by atoms with Crippen molar-refractivity contribution in [2.45, 2.75) is 31.2 Å². The van der Waals surface area contributed by atoms with Gasteiger partial charge in [-0.1, -0.05) is 36.6 Å². The molecule has 0 unspecified atom stereocenters. The maximum Gasteiger partial charge on any atom is 0.234 e. The monoisotopic (exact) mass is 314 g/mol. The summed E-state index contributed by atoms with van der Waals surface area (Å²) in [6, 6.07) is 6.98. The van der Waals surface area contributed by atoms with E-state index in [2.05, 4.69) is 4.72 Å². The summed E-state index contributed by atoms with van der Waals surface area (Å²) < 4.78 is 27.0. The zero-order valence-corrected chi connectivity index (χ0v) is 12.8. The first kappa shape index (κ1) is 15.5. The number of sulfonamides is 1. The van der Waals surface area contributed by atoms with E-state index < -0.39 is 15.6 Å². The molecule has 3 N–H and O–H groups in total. The van der Waals surface area contributed by atoms with Crippen molar-refractivity contribution in [1.82, 2.24) is 4.72 Å². The van der Waals surface area contributed by atoms with Crippen molar-refractivity contribution in [1.29, 1.82) is 0 Å². The molecule has 1 aromatic carbocycles. The molecule has 1 aromatic rings. The van der Waals surface area contributed by atoms with Crippen LogP contribution in [0.5, 0.6) is 0 Å². The molecule has 0 heterocycles. The maximum absolute atomic E-state index is 12.1. The zero-order valence-electron chi connectivity index (χ0n) is 11.2. The van der Waals surface area contributed by atoms with Gasteiger partial charge >= 0.3 is 0 Å². The minimum atomic E-state index is -3.49. The molecule has 1 saturated carbocycles. The highest BCUT2D eigenvalue weighted by Gasteiger charge is 2.35. The first-order valence-electron chi connectivity index (χ1n) is 6.62. The van der Waals surface area contributed by atoms with E-state index in [1.807, 2.05) is 0 Å². The minimum absolute atomic E-state index is 0.334. The van der Waals surface area contributed by atoms with Crippen LogP contribution in [-0.4, -0.2) is 20.5 Å².